The van der Waals surface area contributed by atoms with Crippen LogP contribution in [0.4, 0.5) is 13.2 Å². The Morgan fingerprint density at radius 1 is 1.12 bits per heavy atom. The number of aryl methyl sites for hydroxylation is 2. The van der Waals surface area contributed by atoms with E-state index in [1.165, 1.54) is 24.3 Å². The Labute approximate surface area is 153 Å². The van der Waals surface area contributed by atoms with Crippen molar-refractivity contribution >= 4 is 23.0 Å². The highest BCUT2D eigenvalue weighted by Crippen LogP contribution is 2.23. The molecule has 2 aromatic rings. The fourth-order valence-corrected chi connectivity index (χ4v) is 3.31. The molecule has 0 bridgehead atoms. The highest BCUT2D eigenvalue weighted by molar-refractivity contribution is 7.12. The fraction of sp³-hybridized carbons (Fsp3) is 0.333. The van der Waals surface area contributed by atoms with Crippen LogP contribution in [0, 0.1) is 13.8 Å². The minimum atomic E-state index is -4.73. The van der Waals surface area contributed by atoms with Gasteiger partial charge in [0.05, 0.1) is 0 Å². The van der Waals surface area contributed by atoms with Crippen LogP contribution in [0.25, 0.3) is 0 Å². The third kappa shape index (κ3) is 6.18. The molecule has 0 spiro atoms. The summed E-state index contributed by atoms with van der Waals surface area (Å²) in [5, 5.41) is 2.64. The molecule has 1 aromatic carbocycles. The van der Waals surface area contributed by atoms with Gasteiger partial charge in [-0.25, -0.2) is 0 Å². The van der Waals surface area contributed by atoms with Crippen LogP contribution < -0.4 is 10.1 Å². The molecule has 0 aliphatic heterocycles. The van der Waals surface area contributed by atoms with E-state index in [0.29, 0.717) is 11.1 Å². The highest BCUT2D eigenvalue weighted by atomic mass is 32.1. The van der Waals surface area contributed by atoms with Crippen LogP contribution in [0.1, 0.15) is 38.5 Å². The van der Waals surface area contributed by atoms with Gasteiger partial charge in [0.25, 0.3) is 0 Å². The number of carbonyl (C=O) groups excluding carboxylic acids is 2. The normalized spacial score (nSPS) is 11.3. The standard InChI is InChI=1S/C18H18F3NO3S/c1-11-9-15(12(2)26-11)16(23)7-8-17(24)22-10-13-3-5-14(6-4-13)25-18(19,20)21/h3-6,9H,7-8,10H2,1-2H3,(H,22,24). The SMILES string of the molecule is Cc1cc(C(=O)CCC(=O)NCc2ccc(OC(F)(F)F)cc2)c(C)s1. The van der Waals surface area contributed by atoms with E-state index in [2.05, 4.69) is 10.1 Å². The maximum atomic E-state index is 12.1. The van der Waals surface area contributed by atoms with E-state index in [0.717, 1.165) is 9.75 Å². The average Bonchev–Trinajstić information content (AvgIpc) is 2.89. The Morgan fingerprint density at radius 2 is 1.77 bits per heavy atom. The number of amides is 1. The van der Waals surface area contributed by atoms with E-state index in [9.17, 15) is 22.8 Å². The summed E-state index contributed by atoms with van der Waals surface area (Å²) in [6, 6.07) is 7.05. The van der Waals surface area contributed by atoms with Gasteiger partial charge in [0.2, 0.25) is 5.91 Å². The molecule has 0 saturated heterocycles. The number of halogens is 3. The molecule has 1 heterocycles. The lowest BCUT2D eigenvalue weighted by atomic mass is 10.1. The molecule has 0 fully saturated rings. The van der Waals surface area contributed by atoms with Gasteiger partial charge in [0, 0.05) is 34.7 Å². The van der Waals surface area contributed by atoms with Gasteiger partial charge in [-0.05, 0) is 37.6 Å². The molecule has 4 nitrogen and oxygen atoms in total. The van der Waals surface area contributed by atoms with Crippen molar-refractivity contribution in [2.24, 2.45) is 0 Å². The number of Topliss-reactive ketones (excluding diaryl/α,β-unsaturated/α-hetero) is 1. The largest absolute Gasteiger partial charge is 0.573 e. The predicted molar refractivity (Wildman–Crippen MR) is 92.3 cm³/mol. The number of ketones is 1. The van der Waals surface area contributed by atoms with E-state index in [4.69, 9.17) is 0 Å². The minimum Gasteiger partial charge on any atom is -0.406 e. The van der Waals surface area contributed by atoms with Crippen LogP contribution in [-0.2, 0) is 11.3 Å². The molecule has 1 aromatic heterocycles. The lowest BCUT2D eigenvalue weighted by molar-refractivity contribution is -0.274. The number of hydrogen-bond donors (Lipinski definition) is 1. The maximum Gasteiger partial charge on any atom is 0.573 e. The van der Waals surface area contributed by atoms with Crippen molar-refractivity contribution in [3.05, 3.63) is 51.2 Å². The first kappa shape index (κ1) is 20.0. The number of thiophene rings is 1. The van der Waals surface area contributed by atoms with Gasteiger partial charge in [0.15, 0.2) is 5.78 Å². The third-order valence-corrected chi connectivity index (χ3v) is 4.53. The lowest BCUT2D eigenvalue weighted by Crippen LogP contribution is -2.23. The molecule has 0 aliphatic carbocycles. The Kier molecular flexibility index (Phi) is 6.42. The minimum absolute atomic E-state index is 0.0580. The van der Waals surface area contributed by atoms with Crippen LogP contribution >= 0.6 is 11.3 Å². The smallest absolute Gasteiger partial charge is 0.406 e. The summed E-state index contributed by atoms with van der Waals surface area (Å²) in [5.41, 5.74) is 1.28. The quantitative estimate of drug-likeness (QED) is 0.712. The van der Waals surface area contributed by atoms with Gasteiger partial charge >= 0.3 is 6.36 Å². The van der Waals surface area contributed by atoms with Crippen LogP contribution in [0.3, 0.4) is 0 Å². The van der Waals surface area contributed by atoms with Crippen molar-refractivity contribution < 1.29 is 27.5 Å². The summed E-state index contributed by atoms with van der Waals surface area (Å²) < 4.78 is 40.0. The van der Waals surface area contributed by atoms with Gasteiger partial charge in [-0.1, -0.05) is 12.1 Å². The second kappa shape index (κ2) is 8.35. The molecule has 1 amide bonds. The number of ether oxygens (including phenoxy) is 1. The van der Waals surface area contributed by atoms with E-state index in [-0.39, 0.29) is 36.8 Å². The summed E-state index contributed by atoms with van der Waals surface area (Å²) in [6.45, 7) is 3.96. The molecule has 0 atom stereocenters. The van der Waals surface area contributed by atoms with Crippen LogP contribution in [0.2, 0.25) is 0 Å². The van der Waals surface area contributed by atoms with Crippen molar-refractivity contribution in [1.29, 1.82) is 0 Å². The highest BCUT2D eigenvalue weighted by Gasteiger charge is 2.30. The summed E-state index contributed by atoms with van der Waals surface area (Å²) >= 11 is 1.54. The second-order valence-electron chi connectivity index (χ2n) is 5.72. The van der Waals surface area contributed by atoms with Crippen molar-refractivity contribution in [2.45, 2.75) is 39.6 Å². The molecular formula is C18H18F3NO3S. The molecule has 0 aliphatic rings. The van der Waals surface area contributed by atoms with Gasteiger partial charge < -0.3 is 10.1 Å². The summed E-state index contributed by atoms with van der Waals surface area (Å²) in [6.07, 6.45) is -4.56. The number of carbonyl (C=O) groups is 2. The van der Waals surface area contributed by atoms with Crippen molar-refractivity contribution in [1.82, 2.24) is 5.32 Å². The number of benzene rings is 1. The van der Waals surface area contributed by atoms with E-state index in [1.54, 1.807) is 11.3 Å². The van der Waals surface area contributed by atoms with Crippen molar-refractivity contribution in [3.63, 3.8) is 0 Å². The second-order valence-corrected chi connectivity index (χ2v) is 7.18. The molecular weight excluding hydrogens is 367 g/mol. The Bertz CT molecular complexity index is 782. The molecule has 8 heteroatoms. The zero-order valence-electron chi connectivity index (χ0n) is 14.3. The molecule has 1 N–H and O–H groups in total. The summed E-state index contributed by atoms with van der Waals surface area (Å²) in [4.78, 5) is 26.0. The Balaban J connectivity index is 1.78. The zero-order chi connectivity index (χ0) is 19.3. The number of rotatable bonds is 7. The summed E-state index contributed by atoms with van der Waals surface area (Å²) in [7, 11) is 0. The predicted octanol–water partition coefficient (Wildman–Crippen LogP) is 4.54. The van der Waals surface area contributed by atoms with E-state index < -0.39 is 6.36 Å². The van der Waals surface area contributed by atoms with Crippen LogP contribution in [0.15, 0.2) is 30.3 Å². The van der Waals surface area contributed by atoms with E-state index in [1.807, 2.05) is 19.9 Å². The molecule has 140 valence electrons. The first-order valence-electron chi connectivity index (χ1n) is 7.85. The Morgan fingerprint density at radius 3 is 2.31 bits per heavy atom. The van der Waals surface area contributed by atoms with Crippen molar-refractivity contribution in [3.8, 4) is 5.75 Å². The molecule has 0 unspecified atom stereocenters. The van der Waals surface area contributed by atoms with Gasteiger partial charge in [0.1, 0.15) is 5.75 Å². The number of nitrogens with one attached hydrogen (secondary N) is 1. The number of hydrogen-bond acceptors (Lipinski definition) is 4. The van der Waals surface area contributed by atoms with Crippen LogP contribution in [0.5, 0.6) is 5.75 Å². The molecule has 26 heavy (non-hydrogen) atoms. The van der Waals surface area contributed by atoms with Crippen molar-refractivity contribution in [2.75, 3.05) is 0 Å². The monoisotopic (exact) mass is 385 g/mol. The first-order chi connectivity index (χ1) is 12.1. The topological polar surface area (TPSA) is 55.4 Å². The van der Waals surface area contributed by atoms with Gasteiger partial charge in [-0.15, -0.1) is 24.5 Å². The van der Waals surface area contributed by atoms with Gasteiger partial charge in [-0.2, -0.15) is 0 Å². The third-order valence-electron chi connectivity index (χ3n) is 3.57. The molecule has 0 saturated carbocycles. The fourth-order valence-electron chi connectivity index (χ4n) is 2.37. The summed E-state index contributed by atoms with van der Waals surface area (Å²) in [5.74, 6) is -0.686. The maximum absolute atomic E-state index is 12.1. The first-order valence-corrected chi connectivity index (χ1v) is 8.67. The molecule has 0 radical (unpaired) electrons. The number of alkyl halides is 3. The lowest BCUT2D eigenvalue weighted by Gasteiger charge is -2.09. The van der Waals surface area contributed by atoms with E-state index >= 15 is 0 Å². The Hall–Kier alpha value is -2.35. The van der Waals surface area contributed by atoms with Gasteiger partial charge in [-0.3, -0.25) is 9.59 Å². The van der Waals surface area contributed by atoms with Crippen LogP contribution in [-0.4, -0.2) is 18.1 Å². The zero-order valence-corrected chi connectivity index (χ0v) is 15.1. The average molecular weight is 385 g/mol. The molecule has 2 rings (SSSR count).